The van der Waals surface area contributed by atoms with E-state index in [1.165, 1.54) is 28.1 Å². The van der Waals surface area contributed by atoms with Crippen molar-refractivity contribution in [3.05, 3.63) is 46.9 Å². The van der Waals surface area contributed by atoms with E-state index in [1.807, 2.05) is 24.3 Å². The summed E-state index contributed by atoms with van der Waals surface area (Å²) in [5.41, 5.74) is 0.597. The number of ether oxygens (including phenoxy) is 1. The highest BCUT2D eigenvalue weighted by Crippen LogP contribution is 2.31. The third kappa shape index (κ3) is 3.05. The molecule has 0 fully saturated rings. The summed E-state index contributed by atoms with van der Waals surface area (Å²) >= 11 is 1.32. The molecule has 4 rings (SSSR count). The number of para-hydroxylation sites is 2. The summed E-state index contributed by atoms with van der Waals surface area (Å²) in [7, 11) is 0. The zero-order valence-electron chi connectivity index (χ0n) is 13.2. The number of anilines is 2. The van der Waals surface area contributed by atoms with Gasteiger partial charge in [-0.25, -0.2) is 4.98 Å². The third-order valence-electron chi connectivity index (χ3n) is 3.81. The maximum absolute atomic E-state index is 12.1. The molecule has 1 N–H and O–H groups in total. The minimum atomic E-state index is -0.204. The van der Waals surface area contributed by atoms with Gasteiger partial charge in [-0.2, -0.15) is 4.52 Å². The van der Waals surface area contributed by atoms with Gasteiger partial charge in [0.1, 0.15) is 5.75 Å². The third-order valence-corrected chi connectivity index (χ3v) is 4.69. The quantitative estimate of drug-likeness (QED) is 0.694. The number of hydrogen-bond donors (Lipinski definition) is 1. The molecule has 2 aromatic heterocycles. The van der Waals surface area contributed by atoms with Crippen LogP contribution < -0.4 is 20.5 Å². The number of fused-ring (bicyclic) bond motifs is 2. The van der Waals surface area contributed by atoms with Gasteiger partial charge in [0.05, 0.1) is 5.69 Å². The Bertz CT molecular complexity index is 983. The van der Waals surface area contributed by atoms with Crippen LogP contribution in [0.25, 0.3) is 4.96 Å². The fourth-order valence-electron chi connectivity index (χ4n) is 2.65. The highest BCUT2D eigenvalue weighted by Gasteiger charge is 2.24. The number of carbonyl (C=O) groups excluding carboxylic acids is 1. The first-order valence-corrected chi connectivity index (χ1v) is 8.65. The lowest BCUT2D eigenvalue weighted by atomic mass is 10.2. The largest absolute Gasteiger partial charge is 0.482 e. The number of benzene rings is 1. The number of nitrogens with one attached hydrogen (secondary N) is 1. The molecule has 0 saturated heterocycles. The molecule has 0 radical (unpaired) electrons. The summed E-state index contributed by atoms with van der Waals surface area (Å²) in [6.07, 6.45) is 2.21. The van der Waals surface area contributed by atoms with E-state index in [9.17, 15) is 9.59 Å². The van der Waals surface area contributed by atoms with Crippen molar-refractivity contribution < 1.29 is 9.53 Å². The van der Waals surface area contributed by atoms with Gasteiger partial charge in [-0.3, -0.25) is 9.59 Å². The molecule has 0 spiro atoms. The second kappa shape index (κ2) is 6.52. The molecule has 25 heavy (non-hydrogen) atoms. The Kier molecular flexibility index (Phi) is 4.06. The normalized spacial score (nSPS) is 13.6. The van der Waals surface area contributed by atoms with Gasteiger partial charge in [-0.15, -0.1) is 5.10 Å². The van der Waals surface area contributed by atoms with Crippen LogP contribution in [0.4, 0.5) is 10.8 Å². The van der Waals surface area contributed by atoms with Crippen LogP contribution in [0.15, 0.2) is 41.3 Å². The van der Waals surface area contributed by atoms with E-state index in [-0.39, 0.29) is 18.1 Å². The molecule has 0 atom stereocenters. The molecule has 8 nitrogen and oxygen atoms in total. The summed E-state index contributed by atoms with van der Waals surface area (Å²) in [4.78, 5) is 30.2. The van der Waals surface area contributed by atoms with Gasteiger partial charge in [-0.05, 0) is 18.6 Å². The van der Waals surface area contributed by atoms with Gasteiger partial charge in [0, 0.05) is 25.4 Å². The van der Waals surface area contributed by atoms with Crippen LogP contribution in [0.3, 0.4) is 0 Å². The topological polar surface area (TPSA) is 88.8 Å². The summed E-state index contributed by atoms with van der Waals surface area (Å²) < 4.78 is 6.70. The zero-order chi connectivity index (χ0) is 17.2. The molecular weight excluding hydrogens is 342 g/mol. The molecular formula is C16H15N5O3S. The summed E-state index contributed by atoms with van der Waals surface area (Å²) in [6.45, 7) is 1.27. The second-order valence-electron chi connectivity index (χ2n) is 5.47. The molecule has 3 aromatic rings. The van der Waals surface area contributed by atoms with E-state index < -0.39 is 0 Å². The Hall–Kier alpha value is -2.94. The van der Waals surface area contributed by atoms with Crippen molar-refractivity contribution in [3.8, 4) is 5.75 Å². The average molecular weight is 357 g/mol. The maximum atomic E-state index is 12.1. The molecule has 0 saturated carbocycles. The standard InChI is InChI=1S/C16H15N5O3S/c22-13-6-8-18-16-21(13)19-15(25-16)17-7-3-9-20-11-4-1-2-5-12(11)24-10-14(20)23/h1-2,4-6,8H,3,7,9-10H2,(H,17,19). The van der Waals surface area contributed by atoms with Gasteiger partial charge < -0.3 is 15.0 Å². The monoisotopic (exact) mass is 357 g/mol. The Labute approximate surface area is 146 Å². The lowest BCUT2D eigenvalue weighted by Crippen LogP contribution is -2.39. The fourth-order valence-corrected chi connectivity index (χ4v) is 3.45. The Balaban J connectivity index is 1.38. The first-order valence-electron chi connectivity index (χ1n) is 7.83. The van der Waals surface area contributed by atoms with Crippen LogP contribution in [0.2, 0.25) is 0 Å². The predicted octanol–water partition coefficient (Wildman–Crippen LogP) is 1.38. The zero-order valence-corrected chi connectivity index (χ0v) is 14.0. The van der Waals surface area contributed by atoms with E-state index in [2.05, 4.69) is 15.4 Å². The molecule has 128 valence electrons. The van der Waals surface area contributed by atoms with Gasteiger partial charge in [0.2, 0.25) is 10.1 Å². The Morgan fingerprint density at radius 3 is 3.00 bits per heavy atom. The molecule has 9 heteroatoms. The van der Waals surface area contributed by atoms with Crippen molar-refractivity contribution >= 4 is 33.0 Å². The second-order valence-corrected chi connectivity index (χ2v) is 6.42. The summed E-state index contributed by atoms with van der Waals surface area (Å²) in [5, 5.41) is 8.00. The van der Waals surface area contributed by atoms with Crippen LogP contribution in [0.1, 0.15) is 6.42 Å². The predicted molar refractivity (Wildman–Crippen MR) is 94.5 cm³/mol. The summed E-state index contributed by atoms with van der Waals surface area (Å²) in [5.74, 6) is 0.682. The number of amides is 1. The highest BCUT2D eigenvalue weighted by molar-refractivity contribution is 7.20. The highest BCUT2D eigenvalue weighted by atomic mass is 32.1. The average Bonchev–Trinajstić information content (AvgIpc) is 3.04. The molecule has 1 aliphatic rings. The van der Waals surface area contributed by atoms with Gasteiger partial charge >= 0.3 is 0 Å². The van der Waals surface area contributed by atoms with Crippen molar-refractivity contribution in [2.75, 3.05) is 29.9 Å². The van der Waals surface area contributed by atoms with Gasteiger partial charge in [0.15, 0.2) is 6.61 Å². The van der Waals surface area contributed by atoms with E-state index >= 15 is 0 Å². The number of nitrogens with zero attached hydrogens (tertiary/aromatic N) is 4. The van der Waals surface area contributed by atoms with E-state index in [4.69, 9.17) is 4.74 Å². The lowest BCUT2D eigenvalue weighted by Gasteiger charge is -2.29. The van der Waals surface area contributed by atoms with Crippen LogP contribution >= 0.6 is 11.3 Å². The molecule has 1 amide bonds. The van der Waals surface area contributed by atoms with Crippen molar-refractivity contribution in [2.24, 2.45) is 0 Å². The first-order chi connectivity index (χ1) is 12.2. The number of aromatic nitrogens is 3. The number of carbonyl (C=O) groups is 1. The van der Waals surface area contributed by atoms with E-state index in [0.29, 0.717) is 23.2 Å². The van der Waals surface area contributed by atoms with Crippen molar-refractivity contribution in [3.63, 3.8) is 0 Å². The molecule has 1 aliphatic heterocycles. The van der Waals surface area contributed by atoms with E-state index in [1.54, 1.807) is 4.90 Å². The smallest absolute Gasteiger partial charge is 0.275 e. The molecule has 1 aromatic carbocycles. The minimum absolute atomic E-state index is 0.0468. The summed E-state index contributed by atoms with van der Waals surface area (Å²) in [6, 6.07) is 8.89. The Morgan fingerprint density at radius 1 is 1.24 bits per heavy atom. The van der Waals surface area contributed by atoms with Crippen LogP contribution in [-0.4, -0.2) is 40.2 Å². The van der Waals surface area contributed by atoms with Crippen LogP contribution in [0.5, 0.6) is 5.75 Å². The van der Waals surface area contributed by atoms with E-state index in [0.717, 1.165) is 17.9 Å². The minimum Gasteiger partial charge on any atom is -0.482 e. The van der Waals surface area contributed by atoms with Gasteiger partial charge in [-0.1, -0.05) is 23.5 Å². The maximum Gasteiger partial charge on any atom is 0.275 e. The van der Waals surface area contributed by atoms with Crippen molar-refractivity contribution in [1.82, 2.24) is 14.6 Å². The molecule has 0 aliphatic carbocycles. The van der Waals surface area contributed by atoms with Crippen LogP contribution in [-0.2, 0) is 4.79 Å². The molecule has 3 heterocycles. The fraction of sp³-hybridized carbons (Fsp3) is 0.250. The Morgan fingerprint density at radius 2 is 2.12 bits per heavy atom. The molecule has 0 unspecified atom stereocenters. The number of hydrogen-bond acceptors (Lipinski definition) is 7. The first kappa shape index (κ1) is 15.6. The van der Waals surface area contributed by atoms with Gasteiger partial charge in [0.25, 0.3) is 11.5 Å². The molecule has 0 bridgehead atoms. The van der Waals surface area contributed by atoms with Crippen molar-refractivity contribution in [2.45, 2.75) is 6.42 Å². The number of rotatable bonds is 5. The lowest BCUT2D eigenvalue weighted by molar-refractivity contribution is -0.121. The SMILES string of the molecule is O=C1COc2ccccc2N1CCCNc1nn2c(=O)ccnc2s1. The van der Waals surface area contributed by atoms with Crippen LogP contribution in [0, 0.1) is 0 Å². The van der Waals surface area contributed by atoms with Crippen molar-refractivity contribution in [1.29, 1.82) is 0 Å².